The lowest BCUT2D eigenvalue weighted by molar-refractivity contribution is -0.137. The van der Waals surface area contributed by atoms with Crippen molar-refractivity contribution in [1.29, 1.82) is 0 Å². The molecule has 0 radical (unpaired) electrons. The second-order valence-electron chi connectivity index (χ2n) is 11.7. The maximum atomic E-state index is 12.9. The van der Waals surface area contributed by atoms with Crippen LogP contribution in [-0.4, -0.2) is 0 Å². The second-order valence-corrected chi connectivity index (χ2v) is 11.7. The van der Waals surface area contributed by atoms with Crippen LogP contribution in [-0.2, 0) is 6.18 Å². The van der Waals surface area contributed by atoms with Gasteiger partial charge in [0.05, 0.1) is 5.56 Å². The van der Waals surface area contributed by atoms with E-state index in [2.05, 4.69) is 6.92 Å². The van der Waals surface area contributed by atoms with Crippen molar-refractivity contribution in [2.75, 3.05) is 0 Å². The predicted octanol–water partition coefficient (Wildman–Crippen LogP) is 10.2. The van der Waals surface area contributed by atoms with Crippen LogP contribution in [0.4, 0.5) is 13.2 Å². The molecule has 4 rings (SSSR count). The number of hydrogen-bond acceptors (Lipinski definition) is 0. The van der Waals surface area contributed by atoms with Crippen LogP contribution in [0.2, 0.25) is 0 Å². The number of rotatable bonds is 8. The summed E-state index contributed by atoms with van der Waals surface area (Å²) in [5.74, 6) is 5.20. The molecular formula is C30H45F3. The van der Waals surface area contributed by atoms with Crippen molar-refractivity contribution < 1.29 is 13.2 Å². The standard InChI is InChI=1S/C30H45F3/c1-2-3-4-5-6-7-22-8-9-28-21-27(15-14-26(28)20-22)25-12-10-23(11-13-25)24-16-18-29(19-17-24)30(31,32)33/h16-19,22-23,25-28H,2-15,20-21H2,1H3. The van der Waals surface area contributed by atoms with E-state index in [0.717, 1.165) is 48.0 Å². The summed E-state index contributed by atoms with van der Waals surface area (Å²) in [7, 11) is 0. The lowest BCUT2D eigenvalue weighted by atomic mass is 9.60. The Morgan fingerprint density at radius 2 is 1.24 bits per heavy atom. The van der Waals surface area contributed by atoms with Crippen molar-refractivity contribution in [3.8, 4) is 0 Å². The van der Waals surface area contributed by atoms with E-state index in [0.29, 0.717) is 5.92 Å². The molecule has 0 saturated heterocycles. The van der Waals surface area contributed by atoms with Crippen molar-refractivity contribution >= 4 is 0 Å². The van der Waals surface area contributed by atoms with Gasteiger partial charge >= 0.3 is 6.18 Å². The van der Waals surface area contributed by atoms with Crippen molar-refractivity contribution in [2.24, 2.45) is 29.6 Å². The van der Waals surface area contributed by atoms with Gasteiger partial charge < -0.3 is 0 Å². The van der Waals surface area contributed by atoms with Crippen molar-refractivity contribution in [2.45, 2.75) is 122 Å². The number of benzene rings is 1. The molecule has 0 nitrogen and oxygen atoms in total. The molecule has 3 saturated carbocycles. The number of halogens is 3. The summed E-state index contributed by atoms with van der Waals surface area (Å²) in [5.41, 5.74) is 0.584. The Morgan fingerprint density at radius 1 is 0.667 bits per heavy atom. The minimum atomic E-state index is -4.23. The van der Waals surface area contributed by atoms with Gasteiger partial charge in [0.2, 0.25) is 0 Å². The van der Waals surface area contributed by atoms with Crippen LogP contribution in [0.5, 0.6) is 0 Å². The third-order valence-corrected chi connectivity index (χ3v) is 9.63. The predicted molar refractivity (Wildman–Crippen MR) is 131 cm³/mol. The first-order chi connectivity index (χ1) is 15.9. The molecule has 0 amide bonds. The van der Waals surface area contributed by atoms with Crippen LogP contribution >= 0.6 is 0 Å². The summed E-state index contributed by atoms with van der Waals surface area (Å²) in [6.45, 7) is 2.29. The Hall–Kier alpha value is -0.990. The fourth-order valence-corrected chi connectivity index (χ4v) is 7.62. The Labute approximate surface area is 200 Å². The van der Waals surface area contributed by atoms with Crippen LogP contribution in [0.3, 0.4) is 0 Å². The number of hydrogen-bond donors (Lipinski definition) is 0. The largest absolute Gasteiger partial charge is 0.416 e. The molecule has 1 aromatic rings. The van der Waals surface area contributed by atoms with Crippen molar-refractivity contribution in [1.82, 2.24) is 0 Å². The highest BCUT2D eigenvalue weighted by Crippen LogP contribution is 2.50. The molecule has 3 heteroatoms. The summed E-state index contributed by atoms with van der Waals surface area (Å²) < 4.78 is 38.6. The molecule has 0 heterocycles. The van der Waals surface area contributed by atoms with E-state index >= 15 is 0 Å². The second kappa shape index (κ2) is 11.6. The fourth-order valence-electron chi connectivity index (χ4n) is 7.62. The first-order valence-electron chi connectivity index (χ1n) is 14.1. The highest BCUT2D eigenvalue weighted by molar-refractivity contribution is 5.27. The van der Waals surface area contributed by atoms with E-state index < -0.39 is 11.7 Å². The average molecular weight is 463 g/mol. The maximum absolute atomic E-state index is 12.9. The number of unbranched alkanes of at least 4 members (excludes halogenated alkanes) is 4. The molecule has 1 aromatic carbocycles. The fraction of sp³-hybridized carbons (Fsp3) is 0.800. The van der Waals surface area contributed by atoms with E-state index in [4.69, 9.17) is 0 Å². The van der Waals surface area contributed by atoms with Crippen LogP contribution in [0.15, 0.2) is 24.3 Å². The zero-order valence-electron chi connectivity index (χ0n) is 20.7. The highest BCUT2D eigenvalue weighted by Gasteiger charge is 2.39. The lowest BCUT2D eigenvalue weighted by Crippen LogP contribution is -2.34. The van der Waals surface area contributed by atoms with E-state index in [1.807, 2.05) is 0 Å². The van der Waals surface area contributed by atoms with E-state index in [1.165, 1.54) is 102 Å². The van der Waals surface area contributed by atoms with E-state index in [9.17, 15) is 13.2 Å². The molecule has 3 fully saturated rings. The van der Waals surface area contributed by atoms with E-state index in [-0.39, 0.29) is 0 Å². The molecular weight excluding hydrogens is 417 g/mol. The zero-order valence-corrected chi connectivity index (χ0v) is 20.7. The Kier molecular flexibility index (Phi) is 8.85. The molecule has 0 N–H and O–H groups in total. The first-order valence-corrected chi connectivity index (χ1v) is 14.1. The average Bonchev–Trinajstić information content (AvgIpc) is 2.83. The third-order valence-electron chi connectivity index (χ3n) is 9.63. The SMILES string of the molecule is CCCCCCCC1CCC2CC(C3CCC(c4ccc(C(F)(F)F)cc4)CC3)CCC2C1. The molecule has 33 heavy (non-hydrogen) atoms. The minimum absolute atomic E-state index is 0.452. The first kappa shape index (κ1) is 25.1. The molecule has 0 aromatic heterocycles. The van der Waals surface area contributed by atoms with Crippen LogP contribution in [0.1, 0.15) is 127 Å². The highest BCUT2D eigenvalue weighted by atomic mass is 19.4. The Bertz CT molecular complexity index is 698. The van der Waals surface area contributed by atoms with Gasteiger partial charge in [-0.05, 0) is 111 Å². The van der Waals surface area contributed by atoms with Gasteiger partial charge in [0.1, 0.15) is 0 Å². The summed E-state index contributed by atoms with van der Waals surface area (Å²) >= 11 is 0. The van der Waals surface area contributed by atoms with Gasteiger partial charge in [0.25, 0.3) is 0 Å². The van der Waals surface area contributed by atoms with Gasteiger partial charge in [-0.3, -0.25) is 0 Å². The third kappa shape index (κ3) is 6.79. The number of fused-ring (bicyclic) bond motifs is 1. The Balaban J connectivity index is 1.19. The van der Waals surface area contributed by atoms with Crippen LogP contribution in [0.25, 0.3) is 0 Å². The normalized spacial score (nSPS) is 33.0. The Morgan fingerprint density at radius 3 is 1.91 bits per heavy atom. The van der Waals surface area contributed by atoms with Crippen LogP contribution in [0, 0.1) is 29.6 Å². The van der Waals surface area contributed by atoms with Crippen molar-refractivity contribution in [3.63, 3.8) is 0 Å². The molecule has 0 aliphatic heterocycles. The smallest absolute Gasteiger partial charge is 0.166 e. The van der Waals surface area contributed by atoms with Gasteiger partial charge in [-0.15, -0.1) is 0 Å². The molecule has 0 bridgehead atoms. The van der Waals surface area contributed by atoms with Gasteiger partial charge in [0, 0.05) is 0 Å². The van der Waals surface area contributed by atoms with Gasteiger partial charge in [-0.25, -0.2) is 0 Å². The van der Waals surface area contributed by atoms with Crippen LogP contribution < -0.4 is 0 Å². The topological polar surface area (TPSA) is 0 Å². The lowest BCUT2D eigenvalue weighted by Gasteiger charge is -2.45. The minimum Gasteiger partial charge on any atom is -0.166 e. The molecule has 4 unspecified atom stereocenters. The summed E-state index contributed by atoms with van der Waals surface area (Å²) in [6, 6.07) is 5.98. The van der Waals surface area contributed by atoms with E-state index in [1.54, 1.807) is 12.1 Å². The molecule has 4 atom stereocenters. The maximum Gasteiger partial charge on any atom is 0.416 e. The molecule has 3 aliphatic carbocycles. The molecule has 3 aliphatic rings. The number of alkyl halides is 3. The summed E-state index contributed by atoms with van der Waals surface area (Å²) in [6.07, 6.45) is 18.0. The zero-order chi connectivity index (χ0) is 23.3. The monoisotopic (exact) mass is 462 g/mol. The van der Waals surface area contributed by atoms with Gasteiger partial charge in [-0.2, -0.15) is 13.2 Å². The molecule has 0 spiro atoms. The van der Waals surface area contributed by atoms with Gasteiger partial charge in [-0.1, -0.05) is 64.0 Å². The quantitative estimate of drug-likeness (QED) is 0.337. The molecule has 186 valence electrons. The van der Waals surface area contributed by atoms with Crippen molar-refractivity contribution in [3.05, 3.63) is 35.4 Å². The summed E-state index contributed by atoms with van der Waals surface area (Å²) in [4.78, 5) is 0. The summed E-state index contributed by atoms with van der Waals surface area (Å²) in [5, 5.41) is 0. The van der Waals surface area contributed by atoms with Gasteiger partial charge in [0.15, 0.2) is 0 Å².